The van der Waals surface area contributed by atoms with Crippen LogP contribution in [0.4, 0.5) is 5.69 Å². The first-order valence-corrected chi connectivity index (χ1v) is 7.41. The molecule has 8 nitrogen and oxygen atoms in total. The van der Waals surface area contributed by atoms with Gasteiger partial charge in [0, 0.05) is 30.7 Å². The number of rotatable bonds is 7. The van der Waals surface area contributed by atoms with Crippen molar-refractivity contribution in [3.05, 3.63) is 33.3 Å². The number of benzene rings is 1. The summed E-state index contributed by atoms with van der Waals surface area (Å²) in [5.74, 6) is 0. The minimum absolute atomic E-state index is 0.0284. The smallest absolute Gasteiger partial charge is 0.290 e. The molecule has 0 spiro atoms. The number of hydrogen-bond donors (Lipinski definition) is 2. The monoisotopic (exact) mass is 323 g/mol. The molecule has 0 radical (unpaired) electrons. The van der Waals surface area contributed by atoms with Crippen molar-refractivity contribution >= 4 is 27.3 Å². The first kappa shape index (κ1) is 16.8. The third-order valence-corrected chi connectivity index (χ3v) is 4.64. The van der Waals surface area contributed by atoms with E-state index < -0.39 is 32.1 Å². The second kappa shape index (κ2) is 6.95. The van der Waals surface area contributed by atoms with Crippen molar-refractivity contribution in [1.82, 2.24) is 4.31 Å². The van der Waals surface area contributed by atoms with Gasteiger partial charge in [-0.15, -0.1) is 0 Å². The molecule has 3 N–H and O–H groups in total. The lowest BCUT2D eigenvalue weighted by Gasteiger charge is -2.20. The second-order valence-corrected chi connectivity index (χ2v) is 6.13. The summed E-state index contributed by atoms with van der Waals surface area (Å²) in [5.41, 5.74) is 4.70. The highest BCUT2D eigenvalue weighted by Crippen LogP contribution is 2.29. The molecule has 10 heteroatoms. The summed E-state index contributed by atoms with van der Waals surface area (Å²) in [6, 6.07) is 3.28. The number of sulfonamides is 1. The van der Waals surface area contributed by atoms with Crippen molar-refractivity contribution in [3.8, 4) is 0 Å². The largest absolute Gasteiger partial charge is 0.395 e. The number of nitrogens with zero attached hydrogens (tertiary/aromatic N) is 2. The van der Waals surface area contributed by atoms with Gasteiger partial charge in [-0.05, 0) is 12.1 Å². The highest BCUT2D eigenvalue weighted by Gasteiger charge is 2.31. The Hall–Kier alpha value is -1.26. The van der Waals surface area contributed by atoms with Crippen molar-refractivity contribution in [3.63, 3.8) is 0 Å². The zero-order valence-electron chi connectivity index (χ0n) is 10.4. The van der Waals surface area contributed by atoms with Crippen molar-refractivity contribution in [2.75, 3.05) is 26.2 Å². The van der Waals surface area contributed by atoms with E-state index in [0.717, 1.165) is 16.4 Å². The van der Waals surface area contributed by atoms with Crippen LogP contribution in [0.1, 0.15) is 0 Å². The molecule has 0 aliphatic heterocycles. The zero-order chi connectivity index (χ0) is 15.3. The number of nitro benzene ring substituents is 1. The van der Waals surface area contributed by atoms with Gasteiger partial charge in [-0.2, -0.15) is 4.31 Å². The van der Waals surface area contributed by atoms with Gasteiger partial charge in [-0.1, -0.05) is 11.6 Å². The molecule has 0 aliphatic rings. The molecule has 0 saturated carbocycles. The SMILES string of the molecule is NCCN(CCO)S(=O)(=O)c1ccc(Cl)cc1[N+](=O)[O-]. The van der Waals surface area contributed by atoms with E-state index in [1.165, 1.54) is 6.07 Å². The van der Waals surface area contributed by atoms with Gasteiger partial charge in [0.1, 0.15) is 0 Å². The van der Waals surface area contributed by atoms with Crippen LogP contribution in [-0.2, 0) is 10.0 Å². The molecular weight excluding hydrogens is 310 g/mol. The molecule has 0 fully saturated rings. The van der Waals surface area contributed by atoms with Gasteiger partial charge in [0.25, 0.3) is 5.69 Å². The Morgan fingerprint density at radius 3 is 2.55 bits per heavy atom. The zero-order valence-corrected chi connectivity index (χ0v) is 12.0. The van der Waals surface area contributed by atoms with Crippen LogP contribution in [0, 0.1) is 10.1 Å². The Morgan fingerprint density at radius 1 is 1.40 bits per heavy atom. The van der Waals surface area contributed by atoms with Crippen LogP contribution >= 0.6 is 11.6 Å². The Balaban J connectivity index is 3.36. The van der Waals surface area contributed by atoms with E-state index in [4.69, 9.17) is 22.4 Å². The van der Waals surface area contributed by atoms with Gasteiger partial charge >= 0.3 is 0 Å². The molecule has 20 heavy (non-hydrogen) atoms. The Bertz CT molecular complexity index is 587. The third-order valence-electron chi connectivity index (χ3n) is 2.46. The third kappa shape index (κ3) is 3.64. The van der Waals surface area contributed by atoms with Gasteiger partial charge < -0.3 is 10.8 Å². The molecule has 0 atom stereocenters. The fourth-order valence-electron chi connectivity index (χ4n) is 1.60. The molecule has 0 aromatic heterocycles. The summed E-state index contributed by atoms with van der Waals surface area (Å²) in [4.78, 5) is 9.65. The number of halogens is 1. The Morgan fingerprint density at radius 2 is 2.05 bits per heavy atom. The Kier molecular flexibility index (Phi) is 5.84. The molecule has 0 aliphatic carbocycles. The normalized spacial score (nSPS) is 11.8. The van der Waals surface area contributed by atoms with Crippen LogP contribution in [0.3, 0.4) is 0 Å². The summed E-state index contributed by atoms with van der Waals surface area (Å²) < 4.78 is 25.6. The summed E-state index contributed by atoms with van der Waals surface area (Å²) in [6.45, 7) is -0.636. The summed E-state index contributed by atoms with van der Waals surface area (Å²) >= 11 is 5.64. The van der Waals surface area contributed by atoms with Gasteiger partial charge in [0.05, 0.1) is 11.5 Å². The van der Waals surface area contributed by atoms with E-state index in [9.17, 15) is 18.5 Å². The van der Waals surface area contributed by atoms with E-state index in [-0.39, 0.29) is 24.7 Å². The Labute approximate surface area is 121 Å². The summed E-state index contributed by atoms with van der Waals surface area (Å²) in [6.07, 6.45) is 0. The molecule has 1 rings (SSSR count). The topological polar surface area (TPSA) is 127 Å². The van der Waals surface area contributed by atoms with Crippen LogP contribution in [0.2, 0.25) is 5.02 Å². The first-order valence-electron chi connectivity index (χ1n) is 5.59. The highest BCUT2D eigenvalue weighted by atomic mass is 35.5. The van der Waals surface area contributed by atoms with E-state index in [0.29, 0.717) is 0 Å². The van der Waals surface area contributed by atoms with Crippen molar-refractivity contribution in [2.45, 2.75) is 4.90 Å². The van der Waals surface area contributed by atoms with E-state index >= 15 is 0 Å². The fraction of sp³-hybridized carbons (Fsp3) is 0.400. The lowest BCUT2D eigenvalue weighted by atomic mass is 10.3. The molecule has 1 aromatic carbocycles. The average Bonchev–Trinajstić information content (AvgIpc) is 2.38. The van der Waals surface area contributed by atoms with Crippen LogP contribution in [0.25, 0.3) is 0 Å². The highest BCUT2D eigenvalue weighted by molar-refractivity contribution is 7.89. The van der Waals surface area contributed by atoms with Crippen molar-refractivity contribution < 1.29 is 18.4 Å². The lowest BCUT2D eigenvalue weighted by molar-refractivity contribution is -0.387. The molecule has 0 unspecified atom stereocenters. The van der Waals surface area contributed by atoms with Gasteiger partial charge in [0.2, 0.25) is 10.0 Å². The van der Waals surface area contributed by atoms with Crippen molar-refractivity contribution in [1.29, 1.82) is 0 Å². The first-order chi connectivity index (χ1) is 9.34. The summed E-state index contributed by atoms with van der Waals surface area (Å²) in [7, 11) is -4.12. The lowest BCUT2D eigenvalue weighted by Crippen LogP contribution is -2.37. The van der Waals surface area contributed by atoms with E-state index in [1.54, 1.807) is 0 Å². The number of aliphatic hydroxyl groups is 1. The average molecular weight is 324 g/mol. The number of aliphatic hydroxyl groups excluding tert-OH is 1. The quantitative estimate of drug-likeness (QED) is 0.544. The molecule has 0 bridgehead atoms. The minimum atomic E-state index is -4.12. The molecular formula is C10H14ClN3O5S. The molecule has 0 saturated heterocycles. The van der Waals surface area contributed by atoms with Gasteiger partial charge in [-0.25, -0.2) is 8.42 Å². The predicted molar refractivity (Wildman–Crippen MR) is 73.0 cm³/mol. The number of nitro groups is 1. The standard InChI is InChI=1S/C10H14ClN3O5S/c11-8-1-2-10(9(7-8)14(16)17)20(18,19)13(4-3-12)5-6-15/h1-2,7,15H,3-6,12H2. The van der Waals surface area contributed by atoms with E-state index in [2.05, 4.69) is 0 Å². The maximum atomic E-state index is 12.4. The van der Waals surface area contributed by atoms with Crippen LogP contribution in [0.15, 0.2) is 23.1 Å². The summed E-state index contributed by atoms with van der Waals surface area (Å²) in [5, 5.41) is 19.9. The van der Waals surface area contributed by atoms with Gasteiger partial charge in [-0.3, -0.25) is 10.1 Å². The molecule has 0 amide bonds. The van der Waals surface area contributed by atoms with Crippen molar-refractivity contribution in [2.24, 2.45) is 5.73 Å². The number of hydrogen-bond acceptors (Lipinski definition) is 6. The maximum absolute atomic E-state index is 12.4. The van der Waals surface area contributed by atoms with Crippen LogP contribution in [-0.4, -0.2) is 49.0 Å². The van der Waals surface area contributed by atoms with E-state index in [1.807, 2.05) is 0 Å². The van der Waals surface area contributed by atoms with Crippen LogP contribution in [0.5, 0.6) is 0 Å². The molecule has 1 aromatic rings. The molecule has 0 heterocycles. The second-order valence-electron chi connectivity index (χ2n) is 3.79. The minimum Gasteiger partial charge on any atom is -0.395 e. The fourth-order valence-corrected chi connectivity index (χ4v) is 3.35. The predicted octanol–water partition coefficient (Wildman–Crippen LogP) is 0.190. The number of nitrogens with two attached hydrogens (primary N) is 1. The van der Waals surface area contributed by atoms with Crippen LogP contribution < -0.4 is 5.73 Å². The maximum Gasteiger partial charge on any atom is 0.290 e. The van der Waals surface area contributed by atoms with Gasteiger partial charge in [0.15, 0.2) is 4.90 Å². The molecule has 112 valence electrons.